The molecule has 0 aliphatic carbocycles. The Kier molecular flexibility index (Phi) is 2.06. The van der Waals surface area contributed by atoms with Crippen LogP contribution in [0, 0.1) is 6.92 Å². The number of nitrogens with zero attached hydrogens (tertiary/aromatic N) is 2. The van der Waals surface area contributed by atoms with Gasteiger partial charge in [0.05, 0.1) is 10.7 Å². The van der Waals surface area contributed by atoms with Crippen LogP contribution in [0.2, 0.25) is 5.02 Å². The van der Waals surface area contributed by atoms with E-state index in [9.17, 15) is 0 Å². The summed E-state index contributed by atoms with van der Waals surface area (Å²) in [6.45, 7) is 1.88. The molecule has 0 aliphatic rings. The van der Waals surface area contributed by atoms with Crippen LogP contribution in [0.1, 0.15) is 5.69 Å². The average Bonchev–Trinajstić information content (AvgIpc) is 2.30. The average molecular weight is 264 g/mol. The Hall–Kier alpha value is -0.190. The summed E-state index contributed by atoms with van der Waals surface area (Å²) >= 11 is 10.7. The van der Waals surface area contributed by atoms with E-state index in [0.717, 1.165) is 20.0 Å². The van der Waals surface area contributed by atoms with Gasteiger partial charge in [0.2, 0.25) is 0 Å². The minimum Gasteiger partial charge on any atom is -0.239 e. The van der Waals surface area contributed by atoms with Gasteiger partial charge in [-0.05, 0) is 28.9 Å². The SMILES string of the molecule is Cc1nc2sc(Br)nc2cc1Cl. The highest BCUT2D eigenvalue weighted by Crippen LogP contribution is 2.27. The molecule has 2 rings (SSSR count). The van der Waals surface area contributed by atoms with Gasteiger partial charge in [-0.1, -0.05) is 22.9 Å². The third-order valence-corrected chi connectivity index (χ3v) is 3.29. The Morgan fingerprint density at radius 2 is 2.25 bits per heavy atom. The number of aryl methyl sites for hydroxylation is 1. The summed E-state index contributed by atoms with van der Waals surface area (Å²) in [5.74, 6) is 0. The molecular formula is C7H4BrClN2S. The van der Waals surface area contributed by atoms with E-state index in [1.54, 1.807) is 0 Å². The minimum absolute atomic E-state index is 0.667. The molecule has 0 aromatic carbocycles. The standard InChI is InChI=1S/C7H4BrClN2S/c1-3-4(9)2-5-6(10-3)12-7(8)11-5/h2H,1H3. The molecule has 0 saturated heterocycles. The van der Waals surface area contributed by atoms with Crippen molar-refractivity contribution in [2.45, 2.75) is 6.92 Å². The fraction of sp³-hybridized carbons (Fsp3) is 0.143. The number of pyridine rings is 1. The first-order valence-corrected chi connectivity index (χ1v) is 5.25. The van der Waals surface area contributed by atoms with E-state index in [2.05, 4.69) is 25.9 Å². The maximum absolute atomic E-state index is 5.88. The Balaban J connectivity index is 2.83. The van der Waals surface area contributed by atoms with Crippen LogP contribution in [-0.2, 0) is 0 Å². The largest absolute Gasteiger partial charge is 0.239 e. The van der Waals surface area contributed by atoms with Gasteiger partial charge in [-0.3, -0.25) is 0 Å². The van der Waals surface area contributed by atoms with E-state index in [1.165, 1.54) is 11.3 Å². The van der Waals surface area contributed by atoms with Crippen LogP contribution in [0.3, 0.4) is 0 Å². The van der Waals surface area contributed by atoms with Gasteiger partial charge in [0.15, 0.2) is 3.92 Å². The van der Waals surface area contributed by atoms with Crippen molar-refractivity contribution in [3.8, 4) is 0 Å². The second kappa shape index (κ2) is 2.94. The van der Waals surface area contributed by atoms with Crippen LogP contribution >= 0.6 is 38.9 Å². The number of hydrogen-bond donors (Lipinski definition) is 0. The quantitative estimate of drug-likeness (QED) is 0.728. The molecule has 0 spiro atoms. The van der Waals surface area contributed by atoms with E-state index >= 15 is 0 Å². The monoisotopic (exact) mass is 262 g/mol. The normalized spacial score (nSPS) is 10.9. The first-order valence-electron chi connectivity index (χ1n) is 3.26. The van der Waals surface area contributed by atoms with E-state index in [4.69, 9.17) is 11.6 Å². The second-order valence-corrected chi connectivity index (χ2v) is 5.01. The molecule has 0 atom stereocenters. The van der Waals surface area contributed by atoms with Crippen molar-refractivity contribution in [1.82, 2.24) is 9.97 Å². The number of fused-ring (bicyclic) bond motifs is 1. The maximum atomic E-state index is 5.88. The Morgan fingerprint density at radius 1 is 1.50 bits per heavy atom. The number of hydrogen-bond acceptors (Lipinski definition) is 3. The smallest absolute Gasteiger partial charge is 0.161 e. The van der Waals surface area contributed by atoms with Gasteiger partial charge in [0.1, 0.15) is 10.3 Å². The van der Waals surface area contributed by atoms with E-state index in [0.29, 0.717) is 5.02 Å². The summed E-state index contributed by atoms with van der Waals surface area (Å²) in [4.78, 5) is 9.41. The second-order valence-electron chi connectivity index (χ2n) is 2.35. The number of halogens is 2. The molecule has 0 aliphatic heterocycles. The highest BCUT2D eigenvalue weighted by Gasteiger charge is 2.05. The summed E-state index contributed by atoms with van der Waals surface area (Å²) < 4.78 is 0.840. The van der Waals surface area contributed by atoms with Gasteiger partial charge < -0.3 is 0 Å². The molecule has 0 fully saturated rings. The molecule has 12 heavy (non-hydrogen) atoms. The van der Waals surface area contributed by atoms with Crippen LogP contribution in [0.15, 0.2) is 9.98 Å². The third kappa shape index (κ3) is 1.34. The fourth-order valence-electron chi connectivity index (χ4n) is 0.902. The van der Waals surface area contributed by atoms with Crippen molar-refractivity contribution in [3.63, 3.8) is 0 Å². The lowest BCUT2D eigenvalue weighted by Gasteiger charge is -1.93. The minimum atomic E-state index is 0.667. The zero-order valence-corrected chi connectivity index (χ0v) is 9.29. The topological polar surface area (TPSA) is 25.8 Å². The van der Waals surface area contributed by atoms with E-state index in [1.807, 2.05) is 13.0 Å². The Morgan fingerprint density at radius 3 is 3.00 bits per heavy atom. The van der Waals surface area contributed by atoms with Crippen molar-refractivity contribution in [2.24, 2.45) is 0 Å². The van der Waals surface area contributed by atoms with Crippen LogP contribution < -0.4 is 0 Å². The third-order valence-electron chi connectivity index (χ3n) is 1.49. The van der Waals surface area contributed by atoms with Crippen LogP contribution in [0.5, 0.6) is 0 Å². The van der Waals surface area contributed by atoms with Gasteiger partial charge in [0, 0.05) is 0 Å². The molecule has 0 saturated carbocycles. The van der Waals surface area contributed by atoms with Gasteiger partial charge in [-0.15, -0.1) is 0 Å². The lowest BCUT2D eigenvalue weighted by atomic mass is 10.4. The van der Waals surface area contributed by atoms with Gasteiger partial charge in [0.25, 0.3) is 0 Å². The molecule has 0 amide bonds. The molecule has 62 valence electrons. The Labute approximate surface area is 86.7 Å². The van der Waals surface area contributed by atoms with Crippen molar-refractivity contribution in [3.05, 3.63) is 20.7 Å². The predicted octanol–water partition coefficient (Wildman–Crippen LogP) is 3.42. The van der Waals surface area contributed by atoms with E-state index < -0.39 is 0 Å². The molecule has 2 nitrogen and oxygen atoms in total. The molecule has 0 radical (unpaired) electrons. The van der Waals surface area contributed by atoms with Crippen molar-refractivity contribution < 1.29 is 0 Å². The lowest BCUT2D eigenvalue weighted by Crippen LogP contribution is -1.81. The predicted molar refractivity (Wildman–Crippen MR) is 54.9 cm³/mol. The van der Waals surface area contributed by atoms with E-state index in [-0.39, 0.29) is 0 Å². The van der Waals surface area contributed by atoms with Crippen LogP contribution in [0.25, 0.3) is 10.3 Å². The first kappa shape index (κ1) is 8.41. The molecule has 2 aromatic heterocycles. The van der Waals surface area contributed by atoms with Gasteiger partial charge >= 0.3 is 0 Å². The van der Waals surface area contributed by atoms with Crippen molar-refractivity contribution in [2.75, 3.05) is 0 Å². The molecule has 0 bridgehead atoms. The molecule has 2 aromatic rings. The maximum Gasteiger partial charge on any atom is 0.161 e. The molecule has 5 heteroatoms. The zero-order valence-electron chi connectivity index (χ0n) is 6.14. The molecule has 2 heterocycles. The summed E-state index contributed by atoms with van der Waals surface area (Å²) in [7, 11) is 0. The molecule has 0 N–H and O–H groups in total. The van der Waals surface area contributed by atoms with Crippen LogP contribution in [0.4, 0.5) is 0 Å². The fourth-order valence-corrected chi connectivity index (χ4v) is 2.39. The van der Waals surface area contributed by atoms with Gasteiger partial charge in [-0.2, -0.15) is 0 Å². The highest BCUT2D eigenvalue weighted by atomic mass is 79.9. The molecular weight excluding hydrogens is 260 g/mol. The van der Waals surface area contributed by atoms with Crippen LogP contribution in [-0.4, -0.2) is 9.97 Å². The summed E-state index contributed by atoms with van der Waals surface area (Å²) in [5.41, 5.74) is 1.70. The number of thiazole rings is 1. The number of aromatic nitrogens is 2. The highest BCUT2D eigenvalue weighted by molar-refractivity contribution is 9.11. The first-order chi connectivity index (χ1) is 5.66. The zero-order chi connectivity index (χ0) is 8.72. The van der Waals surface area contributed by atoms with Crippen molar-refractivity contribution >= 4 is 49.2 Å². The summed E-state index contributed by atoms with van der Waals surface area (Å²) in [6, 6.07) is 1.83. The number of rotatable bonds is 0. The summed E-state index contributed by atoms with van der Waals surface area (Å²) in [5, 5.41) is 0.667. The summed E-state index contributed by atoms with van der Waals surface area (Å²) in [6.07, 6.45) is 0. The molecule has 0 unspecified atom stereocenters. The van der Waals surface area contributed by atoms with Crippen molar-refractivity contribution in [1.29, 1.82) is 0 Å². The van der Waals surface area contributed by atoms with Gasteiger partial charge in [-0.25, -0.2) is 9.97 Å². The Bertz CT molecular complexity index is 401. The lowest BCUT2D eigenvalue weighted by molar-refractivity contribution is 1.26.